The van der Waals surface area contributed by atoms with Crippen molar-refractivity contribution >= 4 is 0 Å². The number of hydrogen-bond acceptors (Lipinski definition) is 3. The van der Waals surface area contributed by atoms with Gasteiger partial charge in [-0.2, -0.15) is 0 Å². The van der Waals surface area contributed by atoms with E-state index < -0.39 is 0 Å². The van der Waals surface area contributed by atoms with Crippen molar-refractivity contribution in [1.29, 1.82) is 0 Å². The Bertz CT molecular complexity index is 186. The maximum absolute atomic E-state index is 8.81. The van der Waals surface area contributed by atoms with Crippen LogP contribution in [0.5, 0.6) is 0 Å². The fourth-order valence-corrected chi connectivity index (χ4v) is 1.12. The Labute approximate surface area is 72.3 Å². The quantitative estimate of drug-likeness (QED) is 0.680. The molecule has 3 heteroatoms. The molecule has 0 unspecified atom stereocenters. The van der Waals surface area contributed by atoms with E-state index in [-0.39, 0.29) is 19.0 Å². The molecule has 0 saturated carbocycles. The van der Waals surface area contributed by atoms with Crippen molar-refractivity contribution in [2.75, 3.05) is 13.2 Å². The maximum atomic E-state index is 8.81. The van der Waals surface area contributed by atoms with Crippen molar-refractivity contribution in [3.63, 3.8) is 0 Å². The molecule has 0 saturated heterocycles. The van der Waals surface area contributed by atoms with Crippen LogP contribution in [-0.4, -0.2) is 30.7 Å². The summed E-state index contributed by atoms with van der Waals surface area (Å²) in [5.74, 6) is 0. The first-order valence-corrected chi connectivity index (χ1v) is 4.03. The van der Waals surface area contributed by atoms with Crippen molar-refractivity contribution in [3.05, 3.63) is 24.3 Å². The van der Waals surface area contributed by atoms with Crippen molar-refractivity contribution < 1.29 is 14.6 Å². The van der Waals surface area contributed by atoms with Crippen LogP contribution in [0.3, 0.4) is 0 Å². The van der Waals surface area contributed by atoms with Crippen LogP contribution in [0.1, 0.15) is 6.92 Å². The Morgan fingerprint density at radius 3 is 3.08 bits per heavy atom. The van der Waals surface area contributed by atoms with Gasteiger partial charge >= 0.3 is 0 Å². The Balaban J connectivity index is 2.56. The normalized spacial score (nSPS) is 28.7. The summed E-state index contributed by atoms with van der Waals surface area (Å²) >= 11 is 0. The van der Waals surface area contributed by atoms with Crippen molar-refractivity contribution in [1.82, 2.24) is 0 Å². The lowest BCUT2D eigenvalue weighted by molar-refractivity contribution is -0.125. The molecule has 12 heavy (non-hydrogen) atoms. The van der Waals surface area contributed by atoms with Gasteiger partial charge in [0.1, 0.15) is 6.10 Å². The fraction of sp³-hybridized carbons (Fsp3) is 0.556. The highest BCUT2D eigenvalue weighted by Crippen LogP contribution is 2.21. The van der Waals surface area contributed by atoms with Crippen LogP contribution < -0.4 is 0 Å². The lowest BCUT2D eigenvalue weighted by Gasteiger charge is -2.13. The van der Waals surface area contributed by atoms with Gasteiger partial charge in [-0.1, -0.05) is 12.7 Å². The molecule has 0 fully saturated rings. The number of aliphatic hydroxyl groups is 1. The van der Waals surface area contributed by atoms with Gasteiger partial charge in [0.05, 0.1) is 6.61 Å². The van der Waals surface area contributed by atoms with E-state index in [1.54, 1.807) is 6.08 Å². The summed E-state index contributed by atoms with van der Waals surface area (Å²) in [6.45, 7) is 6.11. The van der Waals surface area contributed by atoms with Gasteiger partial charge in [0.15, 0.2) is 6.29 Å². The zero-order valence-electron chi connectivity index (χ0n) is 7.19. The van der Waals surface area contributed by atoms with Gasteiger partial charge in [-0.3, -0.25) is 0 Å². The summed E-state index contributed by atoms with van der Waals surface area (Å²) in [4.78, 5) is 0. The standard InChI is InChI=1S/C9H14O3/c1-3-7-5-8(6-10)12-9(7)11-4-2/h3,5,8-10H,1,4,6H2,2H3/t8-,9+/m0/s1. The molecule has 0 aromatic heterocycles. The number of aliphatic hydroxyl groups excluding tert-OH is 1. The number of rotatable bonds is 4. The third kappa shape index (κ3) is 1.94. The average molecular weight is 170 g/mol. The average Bonchev–Trinajstić information content (AvgIpc) is 2.48. The minimum atomic E-state index is -0.343. The van der Waals surface area contributed by atoms with E-state index in [4.69, 9.17) is 14.6 Å². The highest BCUT2D eigenvalue weighted by atomic mass is 16.7. The van der Waals surface area contributed by atoms with E-state index in [0.29, 0.717) is 6.61 Å². The predicted octanol–water partition coefficient (Wildman–Crippen LogP) is 0.853. The molecule has 1 heterocycles. The summed E-state index contributed by atoms with van der Waals surface area (Å²) in [6.07, 6.45) is 2.93. The Morgan fingerprint density at radius 1 is 1.83 bits per heavy atom. The number of hydrogen-bond donors (Lipinski definition) is 1. The van der Waals surface area contributed by atoms with Gasteiger partial charge in [0.25, 0.3) is 0 Å². The number of ether oxygens (including phenoxy) is 2. The van der Waals surface area contributed by atoms with Gasteiger partial charge in [0.2, 0.25) is 0 Å². The third-order valence-corrected chi connectivity index (χ3v) is 1.68. The molecule has 0 aliphatic carbocycles. The fourth-order valence-electron chi connectivity index (χ4n) is 1.12. The zero-order chi connectivity index (χ0) is 8.97. The van der Waals surface area contributed by atoms with E-state index >= 15 is 0 Å². The largest absolute Gasteiger partial charge is 0.393 e. The van der Waals surface area contributed by atoms with Gasteiger partial charge < -0.3 is 14.6 Å². The van der Waals surface area contributed by atoms with Gasteiger partial charge in [-0.25, -0.2) is 0 Å². The molecule has 3 nitrogen and oxygen atoms in total. The summed E-state index contributed by atoms with van der Waals surface area (Å²) < 4.78 is 10.6. The summed E-state index contributed by atoms with van der Waals surface area (Å²) in [6, 6.07) is 0. The molecule has 1 rings (SSSR count). The Morgan fingerprint density at radius 2 is 2.58 bits per heavy atom. The zero-order valence-corrected chi connectivity index (χ0v) is 7.19. The lowest BCUT2D eigenvalue weighted by atomic mass is 10.2. The first-order valence-electron chi connectivity index (χ1n) is 4.03. The first-order chi connectivity index (χ1) is 5.81. The molecule has 1 aliphatic rings. The molecular weight excluding hydrogens is 156 g/mol. The van der Waals surface area contributed by atoms with E-state index in [1.807, 2.05) is 13.0 Å². The minimum Gasteiger partial charge on any atom is -0.393 e. The van der Waals surface area contributed by atoms with Gasteiger partial charge in [-0.05, 0) is 13.0 Å². The second kappa shape index (κ2) is 4.40. The van der Waals surface area contributed by atoms with E-state index in [9.17, 15) is 0 Å². The monoisotopic (exact) mass is 170 g/mol. The van der Waals surface area contributed by atoms with E-state index in [1.165, 1.54) is 0 Å². The van der Waals surface area contributed by atoms with Gasteiger partial charge in [-0.15, -0.1) is 0 Å². The molecule has 0 bridgehead atoms. The molecule has 0 aromatic rings. The van der Waals surface area contributed by atoms with E-state index in [0.717, 1.165) is 5.57 Å². The Hall–Kier alpha value is -0.640. The minimum absolute atomic E-state index is 0.0130. The smallest absolute Gasteiger partial charge is 0.184 e. The molecule has 2 atom stereocenters. The maximum Gasteiger partial charge on any atom is 0.184 e. The van der Waals surface area contributed by atoms with E-state index in [2.05, 4.69) is 6.58 Å². The first kappa shape index (κ1) is 9.45. The summed E-state index contributed by atoms with van der Waals surface area (Å²) in [5.41, 5.74) is 0.899. The molecular formula is C9H14O3. The topological polar surface area (TPSA) is 38.7 Å². The van der Waals surface area contributed by atoms with Crippen LogP contribution in [0, 0.1) is 0 Å². The Kier molecular flexibility index (Phi) is 3.47. The summed E-state index contributed by atoms with van der Waals surface area (Å²) in [5, 5.41) is 8.81. The molecule has 0 aromatic carbocycles. The van der Waals surface area contributed by atoms with Crippen LogP contribution in [0.4, 0.5) is 0 Å². The SMILES string of the molecule is C=CC1=C[C@@H](CO)O[C@H]1OCC. The van der Waals surface area contributed by atoms with Crippen LogP contribution in [0.2, 0.25) is 0 Å². The van der Waals surface area contributed by atoms with Crippen LogP contribution >= 0.6 is 0 Å². The van der Waals surface area contributed by atoms with Crippen LogP contribution in [0.25, 0.3) is 0 Å². The van der Waals surface area contributed by atoms with Gasteiger partial charge in [0, 0.05) is 12.2 Å². The lowest BCUT2D eigenvalue weighted by Crippen LogP contribution is -2.19. The predicted molar refractivity (Wildman–Crippen MR) is 45.7 cm³/mol. The second-order valence-corrected chi connectivity index (χ2v) is 2.52. The highest BCUT2D eigenvalue weighted by Gasteiger charge is 2.24. The van der Waals surface area contributed by atoms with Crippen LogP contribution in [0.15, 0.2) is 24.3 Å². The summed E-state index contributed by atoms with van der Waals surface area (Å²) in [7, 11) is 0. The second-order valence-electron chi connectivity index (χ2n) is 2.52. The van der Waals surface area contributed by atoms with Crippen molar-refractivity contribution in [3.8, 4) is 0 Å². The molecule has 1 N–H and O–H groups in total. The molecule has 68 valence electrons. The molecule has 0 radical (unpaired) electrons. The third-order valence-electron chi connectivity index (χ3n) is 1.68. The molecule has 0 amide bonds. The van der Waals surface area contributed by atoms with Crippen molar-refractivity contribution in [2.24, 2.45) is 0 Å². The molecule has 1 aliphatic heterocycles. The van der Waals surface area contributed by atoms with Crippen LogP contribution in [-0.2, 0) is 9.47 Å². The highest BCUT2D eigenvalue weighted by molar-refractivity contribution is 5.24. The van der Waals surface area contributed by atoms with Crippen molar-refractivity contribution in [2.45, 2.75) is 19.3 Å². The molecule has 0 spiro atoms.